The zero-order valence-corrected chi connectivity index (χ0v) is 12.9. The van der Waals surface area contributed by atoms with E-state index in [1.807, 2.05) is 13.0 Å². The monoisotopic (exact) mass is 309 g/mol. The van der Waals surface area contributed by atoms with Gasteiger partial charge >= 0.3 is 0 Å². The highest BCUT2D eigenvalue weighted by Crippen LogP contribution is 2.40. The number of aromatic nitrogens is 1. The molecule has 0 spiro atoms. The first-order valence-corrected chi connectivity index (χ1v) is 7.65. The Bertz CT molecular complexity index is 683. The highest BCUT2D eigenvalue weighted by atomic mass is 35.5. The van der Waals surface area contributed by atoms with Crippen LogP contribution >= 0.6 is 23.2 Å². The van der Waals surface area contributed by atoms with Gasteiger partial charge in [-0.15, -0.1) is 0 Å². The third-order valence-corrected chi connectivity index (χ3v) is 4.78. The molecular weight excluding hydrogens is 293 g/mol. The number of hydrazine groups is 1. The van der Waals surface area contributed by atoms with E-state index in [1.54, 1.807) is 0 Å². The maximum absolute atomic E-state index is 6.47. The van der Waals surface area contributed by atoms with Crippen LogP contribution in [-0.2, 0) is 12.8 Å². The van der Waals surface area contributed by atoms with E-state index in [0.717, 1.165) is 53.5 Å². The molecule has 1 aromatic heterocycles. The Hall–Kier alpha value is -1.03. The minimum Gasteiger partial charge on any atom is -0.323 e. The Kier molecular flexibility index (Phi) is 3.76. The lowest BCUT2D eigenvalue weighted by molar-refractivity contribution is 0.709. The molecule has 5 heteroatoms. The van der Waals surface area contributed by atoms with E-state index >= 15 is 0 Å². The summed E-state index contributed by atoms with van der Waals surface area (Å²) < 4.78 is 0. The lowest BCUT2D eigenvalue weighted by Crippen LogP contribution is -2.13. The van der Waals surface area contributed by atoms with Crippen molar-refractivity contribution in [1.82, 2.24) is 4.98 Å². The fourth-order valence-electron chi connectivity index (χ4n) is 2.98. The Morgan fingerprint density at radius 2 is 1.95 bits per heavy atom. The van der Waals surface area contributed by atoms with Crippen molar-refractivity contribution in [3.8, 4) is 0 Å². The Balaban J connectivity index is 2.43. The molecule has 0 amide bonds. The SMILES string of the molecule is Cc1cc(Cl)c2nc3c(c(NN)c2c1Cl)CCCCC3. The van der Waals surface area contributed by atoms with Crippen LogP contribution in [-0.4, -0.2) is 4.98 Å². The van der Waals surface area contributed by atoms with Gasteiger partial charge in [0.15, 0.2) is 0 Å². The second-order valence-electron chi connectivity index (χ2n) is 5.33. The van der Waals surface area contributed by atoms with Crippen molar-refractivity contribution >= 4 is 39.8 Å². The summed E-state index contributed by atoms with van der Waals surface area (Å²) in [5.41, 5.74) is 7.71. The van der Waals surface area contributed by atoms with E-state index in [-0.39, 0.29) is 0 Å². The number of fused-ring (bicyclic) bond motifs is 2. The molecule has 3 N–H and O–H groups in total. The lowest BCUT2D eigenvalue weighted by atomic mass is 10.0. The molecule has 20 heavy (non-hydrogen) atoms. The molecule has 3 rings (SSSR count). The number of pyridine rings is 1. The van der Waals surface area contributed by atoms with Gasteiger partial charge in [-0.25, -0.2) is 0 Å². The maximum Gasteiger partial charge on any atom is 0.0928 e. The highest BCUT2D eigenvalue weighted by molar-refractivity contribution is 6.41. The summed E-state index contributed by atoms with van der Waals surface area (Å²) in [6, 6.07) is 1.86. The summed E-state index contributed by atoms with van der Waals surface area (Å²) >= 11 is 12.8. The average molecular weight is 310 g/mol. The number of hydrogen-bond donors (Lipinski definition) is 2. The van der Waals surface area contributed by atoms with E-state index in [2.05, 4.69) is 5.43 Å². The van der Waals surface area contributed by atoms with Crippen molar-refractivity contribution in [3.63, 3.8) is 0 Å². The molecule has 106 valence electrons. The van der Waals surface area contributed by atoms with Gasteiger partial charge in [-0.05, 0) is 49.8 Å². The quantitative estimate of drug-likeness (QED) is 0.466. The van der Waals surface area contributed by atoms with Crippen molar-refractivity contribution < 1.29 is 0 Å². The number of nitrogens with zero attached hydrogens (tertiary/aromatic N) is 1. The van der Waals surface area contributed by atoms with Gasteiger partial charge in [0.05, 0.1) is 21.2 Å². The van der Waals surface area contributed by atoms with Crippen molar-refractivity contribution in [2.45, 2.75) is 39.0 Å². The number of nitrogen functional groups attached to an aromatic ring is 1. The van der Waals surface area contributed by atoms with E-state index in [1.165, 1.54) is 12.0 Å². The molecule has 3 nitrogen and oxygen atoms in total. The van der Waals surface area contributed by atoms with E-state index < -0.39 is 0 Å². The normalized spacial score (nSPS) is 15.0. The second kappa shape index (κ2) is 5.40. The first-order chi connectivity index (χ1) is 9.63. The summed E-state index contributed by atoms with van der Waals surface area (Å²) in [6.45, 7) is 1.94. The number of rotatable bonds is 1. The fraction of sp³-hybridized carbons (Fsp3) is 0.400. The molecule has 0 saturated heterocycles. The topological polar surface area (TPSA) is 50.9 Å². The van der Waals surface area contributed by atoms with Crippen LogP contribution in [0.1, 0.15) is 36.1 Å². The third-order valence-electron chi connectivity index (χ3n) is 4.00. The van der Waals surface area contributed by atoms with E-state index in [0.29, 0.717) is 10.0 Å². The summed E-state index contributed by atoms with van der Waals surface area (Å²) in [6.07, 6.45) is 5.50. The molecule has 1 aliphatic carbocycles. The van der Waals surface area contributed by atoms with Crippen LogP contribution in [0, 0.1) is 6.92 Å². The molecule has 1 aliphatic rings. The first kappa shape index (κ1) is 13.9. The summed E-state index contributed by atoms with van der Waals surface area (Å²) in [5, 5.41) is 2.15. The van der Waals surface area contributed by atoms with Crippen LogP contribution in [0.15, 0.2) is 6.07 Å². The van der Waals surface area contributed by atoms with Gasteiger partial charge in [-0.3, -0.25) is 10.8 Å². The van der Waals surface area contributed by atoms with Gasteiger partial charge in [-0.2, -0.15) is 0 Å². The summed E-state index contributed by atoms with van der Waals surface area (Å²) in [7, 11) is 0. The number of halogens is 2. The summed E-state index contributed by atoms with van der Waals surface area (Å²) in [4.78, 5) is 4.77. The number of nitrogens with one attached hydrogen (secondary N) is 1. The Morgan fingerprint density at radius 3 is 2.70 bits per heavy atom. The standard InChI is InChI=1S/C15H17Cl2N3/c1-8-7-10(16)15-12(13(8)17)14(20-18)9-5-3-2-4-6-11(9)19-15/h7H,2-6,18H2,1H3,(H,19,20). The molecule has 0 fully saturated rings. The van der Waals surface area contributed by atoms with Gasteiger partial charge in [0, 0.05) is 11.1 Å². The molecule has 1 aromatic carbocycles. The van der Waals surface area contributed by atoms with Crippen LogP contribution in [0.5, 0.6) is 0 Å². The first-order valence-electron chi connectivity index (χ1n) is 6.90. The largest absolute Gasteiger partial charge is 0.323 e. The van der Waals surface area contributed by atoms with E-state index in [4.69, 9.17) is 34.0 Å². The number of hydrogen-bond acceptors (Lipinski definition) is 3. The zero-order valence-electron chi connectivity index (χ0n) is 11.4. The number of nitrogens with two attached hydrogens (primary N) is 1. The lowest BCUT2D eigenvalue weighted by Gasteiger charge is -2.17. The molecule has 0 bridgehead atoms. The second-order valence-corrected chi connectivity index (χ2v) is 6.12. The Labute approximate surface area is 128 Å². The van der Waals surface area contributed by atoms with E-state index in [9.17, 15) is 0 Å². The molecule has 0 saturated carbocycles. The third kappa shape index (κ3) is 2.14. The molecule has 0 unspecified atom stereocenters. The van der Waals surface area contributed by atoms with Crippen LogP contribution in [0.3, 0.4) is 0 Å². The predicted octanol–water partition coefficient (Wildman–Crippen LogP) is 4.40. The van der Waals surface area contributed by atoms with Crippen molar-refractivity contribution in [2.75, 3.05) is 5.43 Å². The molecule has 0 radical (unpaired) electrons. The van der Waals surface area contributed by atoms with Gasteiger partial charge in [0.1, 0.15) is 0 Å². The molecule has 2 aromatic rings. The minimum atomic E-state index is 0.630. The molecule has 1 heterocycles. The maximum atomic E-state index is 6.47. The summed E-state index contributed by atoms with van der Waals surface area (Å²) in [5.74, 6) is 5.78. The number of benzene rings is 1. The predicted molar refractivity (Wildman–Crippen MR) is 85.6 cm³/mol. The molecule has 0 aliphatic heterocycles. The van der Waals surface area contributed by atoms with Gasteiger partial charge in [0.25, 0.3) is 0 Å². The van der Waals surface area contributed by atoms with Crippen LogP contribution in [0.4, 0.5) is 5.69 Å². The molecule has 0 atom stereocenters. The smallest absolute Gasteiger partial charge is 0.0928 e. The van der Waals surface area contributed by atoms with Crippen molar-refractivity contribution in [1.29, 1.82) is 0 Å². The average Bonchev–Trinajstić information content (AvgIpc) is 2.67. The highest BCUT2D eigenvalue weighted by Gasteiger charge is 2.20. The number of aryl methyl sites for hydroxylation is 2. The van der Waals surface area contributed by atoms with Crippen molar-refractivity contribution in [2.24, 2.45) is 5.84 Å². The number of anilines is 1. The Morgan fingerprint density at radius 1 is 1.20 bits per heavy atom. The van der Waals surface area contributed by atoms with Gasteiger partial charge in [0.2, 0.25) is 0 Å². The minimum absolute atomic E-state index is 0.630. The fourth-order valence-corrected chi connectivity index (χ4v) is 3.52. The van der Waals surface area contributed by atoms with Crippen molar-refractivity contribution in [3.05, 3.63) is 32.9 Å². The zero-order chi connectivity index (χ0) is 14.3. The van der Waals surface area contributed by atoms with Gasteiger partial charge < -0.3 is 5.43 Å². The van der Waals surface area contributed by atoms with Gasteiger partial charge in [-0.1, -0.05) is 29.6 Å². The van der Waals surface area contributed by atoms with Crippen LogP contribution in [0.2, 0.25) is 10.0 Å². The van der Waals surface area contributed by atoms with Crippen LogP contribution in [0.25, 0.3) is 10.9 Å². The van der Waals surface area contributed by atoms with Crippen LogP contribution < -0.4 is 11.3 Å². The molecular formula is C15H17Cl2N3.